The Morgan fingerprint density at radius 2 is 2.33 bits per heavy atom. The third-order valence-electron chi connectivity index (χ3n) is 2.33. The van der Waals surface area contributed by atoms with E-state index in [2.05, 4.69) is 12.0 Å². The summed E-state index contributed by atoms with van der Waals surface area (Å²) in [4.78, 5) is 10.8. The molecule has 0 saturated carbocycles. The van der Waals surface area contributed by atoms with Crippen molar-refractivity contribution in [2.75, 3.05) is 0 Å². The molecule has 1 heterocycles. The molecule has 2 aromatic rings. The molecular formula is C11H12N2O2. The summed E-state index contributed by atoms with van der Waals surface area (Å²) in [5.41, 5.74) is 1.19. The highest BCUT2D eigenvalue weighted by Gasteiger charge is 2.07. The van der Waals surface area contributed by atoms with Crippen LogP contribution in [0.2, 0.25) is 0 Å². The van der Waals surface area contributed by atoms with Gasteiger partial charge in [0.2, 0.25) is 0 Å². The predicted molar refractivity (Wildman–Crippen MR) is 57.0 cm³/mol. The third kappa shape index (κ3) is 1.70. The van der Waals surface area contributed by atoms with Crippen LogP contribution in [0.15, 0.2) is 24.4 Å². The van der Waals surface area contributed by atoms with Gasteiger partial charge < -0.3 is 5.11 Å². The summed E-state index contributed by atoms with van der Waals surface area (Å²) < 4.78 is 1.84. The summed E-state index contributed by atoms with van der Waals surface area (Å²) in [5, 5.41) is 14.1. The highest BCUT2D eigenvalue weighted by Crippen LogP contribution is 2.16. The van der Waals surface area contributed by atoms with Crippen molar-refractivity contribution in [1.82, 2.24) is 9.78 Å². The van der Waals surface area contributed by atoms with Crippen molar-refractivity contribution in [3.8, 4) is 0 Å². The standard InChI is InChI=1S/C11H12N2O2/c1-2-5-13-10-6-8(11(14)15)3-4-9(10)7-12-13/h3-4,6-7H,2,5H2,1H3,(H,14,15). The molecule has 78 valence electrons. The summed E-state index contributed by atoms with van der Waals surface area (Å²) in [6, 6.07) is 5.06. The normalized spacial score (nSPS) is 10.7. The molecule has 15 heavy (non-hydrogen) atoms. The van der Waals surface area contributed by atoms with Gasteiger partial charge in [-0.3, -0.25) is 4.68 Å². The van der Waals surface area contributed by atoms with Crippen molar-refractivity contribution < 1.29 is 9.90 Å². The molecule has 0 radical (unpaired) electrons. The molecule has 0 amide bonds. The quantitative estimate of drug-likeness (QED) is 0.833. The SMILES string of the molecule is CCCn1ncc2ccc(C(=O)O)cc21. The molecule has 1 N–H and O–H groups in total. The molecule has 1 aromatic carbocycles. The first-order valence-electron chi connectivity index (χ1n) is 4.91. The maximum absolute atomic E-state index is 10.8. The molecule has 0 aliphatic rings. The fourth-order valence-corrected chi connectivity index (χ4v) is 1.59. The van der Waals surface area contributed by atoms with Gasteiger partial charge in [-0.2, -0.15) is 5.10 Å². The number of carboxylic acid groups (broad SMARTS) is 1. The van der Waals surface area contributed by atoms with E-state index >= 15 is 0 Å². The number of rotatable bonds is 3. The smallest absolute Gasteiger partial charge is 0.335 e. The molecular weight excluding hydrogens is 192 g/mol. The number of aryl methyl sites for hydroxylation is 1. The molecule has 0 saturated heterocycles. The van der Waals surface area contributed by atoms with Crippen LogP contribution < -0.4 is 0 Å². The van der Waals surface area contributed by atoms with Gasteiger partial charge in [0.25, 0.3) is 0 Å². The number of fused-ring (bicyclic) bond motifs is 1. The van der Waals surface area contributed by atoms with Gasteiger partial charge in [-0.05, 0) is 18.6 Å². The molecule has 4 heteroatoms. The van der Waals surface area contributed by atoms with E-state index in [-0.39, 0.29) is 0 Å². The van der Waals surface area contributed by atoms with Crippen LogP contribution in [0.5, 0.6) is 0 Å². The highest BCUT2D eigenvalue weighted by molar-refractivity contribution is 5.93. The zero-order valence-corrected chi connectivity index (χ0v) is 8.47. The maximum atomic E-state index is 10.8. The van der Waals surface area contributed by atoms with Crippen LogP contribution in [0.25, 0.3) is 10.9 Å². The number of aromatic nitrogens is 2. The first-order valence-corrected chi connectivity index (χ1v) is 4.91. The molecule has 0 atom stereocenters. The van der Waals surface area contributed by atoms with Gasteiger partial charge in [0.1, 0.15) is 0 Å². The van der Waals surface area contributed by atoms with Gasteiger partial charge in [-0.25, -0.2) is 4.79 Å². The molecule has 4 nitrogen and oxygen atoms in total. The van der Waals surface area contributed by atoms with Crippen LogP contribution in [-0.2, 0) is 6.54 Å². The zero-order valence-electron chi connectivity index (χ0n) is 8.47. The lowest BCUT2D eigenvalue weighted by Crippen LogP contribution is -2.00. The monoisotopic (exact) mass is 204 g/mol. The van der Waals surface area contributed by atoms with Gasteiger partial charge >= 0.3 is 5.97 Å². The molecule has 2 rings (SSSR count). The molecule has 0 spiro atoms. The fourth-order valence-electron chi connectivity index (χ4n) is 1.59. The van der Waals surface area contributed by atoms with Crippen LogP contribution in [0, 0.1) is 0 Å². The Bertz CT molecular complexity index is 502. The van der Waals surface area contributed by atoms with E-state index in [0.29, 0.717) is 5.56 Å². The van der Waals surface area contributed by atoms with Gasteiger partial charge in [0.05, 0.1) is 17.3 Å². The van der Waals surface area contributed by atoms with E-state index in [0.717, 1.165) is 23.9 Å². The number of carboxylic acids is 1. The number of benzene rings is 1. The number of hydrogen-bond donors (Lipinski definition) is 1. The van der Waals surface area contributed by atoms with E-state index < -0.39 is 5.97 Å². The summed E-state index contributed by atoms with van der Waals surface area (Å²) in [7, 11) is 0. The van der Waals surface area contributed by atoms with E-state index in [1.165, 1.54) is 0 Å². The Balaban J connectivity index is 2.56. The second kappa shape index (κ2) is 3.73. The minimum atomic E-state index is -0.902. The van der Waals surface area contributed by atoms with Crippen molar-refractivity contribution in [3.05, 3.63) is 30.0 Å². The highest BCUT2D eigenvalue weighted by atomic mass is 16.4. The van der Waals surface area contributed by atoms with Crippen molar-refractivity contribution in [2.24, 2.45) is 0 Å². The zero-order chi connectivity index (χ0) is 10.8. The van der Waals surface area contributed by atoms with E-state index in [9.17, 15) is 4.79 Å². The topological polar surface area (TPSA) is 55.1 Å². The number of nitrogens with zero attached hydrogens (tertiary/aromatic N) is 2. The average Bonchev–Trinajstić information content (AvgIpc) is 2.61. The molecule has 1 aromatic heterocycles. The van der Waals surface area contributed by atoms with Gasteiger partial charge in [-0.1, -0.05) is 13.0 Å². The summed E-state index contributed by atoms with van der Waals surface area (Å²) >= 11 is 0. The Hall–Kier alpha value is -1.84. The van der Waals surface area contributed by atoms with Crippen LogP contribution >= 0.6 is 0 Å². The van der Waals surface area contributed by atoms with E-state index in [4.69, 9.17) is 5.11 Å². The lowest BCUT2D eigenvalue weighted by atomic mass is 10.2. The fraction of sp³-hybridized carbons (Fsp3) is 0.273. The molecule has 0 unspecified atom stereocenters. The van der Waals surface area contributed by atoms with Crippen molar-refractivity contribution in [3.63, 3.8) is 0 Å². The molecule has 0 fully saturated rings. The summed E-state index contributed by atoms with van der Waals surface area (Å²) in [5.74, 6) is -0.902. The van der Waals surface area contributed by atoms with Crippen molar-refractivity contribution >= 4 is 16.9 Å². The Morgan fingerprint density at radius 3 is 3.00 bits per heavy atom. The Morgan fingerprint density at radius 1 is 1.53 bits per heavy atom. The summed E-state index contributed by atoms with van der Waals surface area (Å²) in [6.45, 7) is 2.88. The lowest BCUT2D eigenvalue weighted by molar-refractivity contribution is 0.0697. The van der Waals surface area contributed by atoms with Crippen LogP contribution in [0.1, 0.15) is 23.7 Å². The van der Waals surface area contributed by atoms with Gasteiger partial charge in [0.15, 0.2) is 0 Å². The van der Waals surface area contributed by atoms with Crippen LogP contribution in [0.4, 0.5) is 0 Å². The van der Waals surface area contributed by atoms with Crippen LogP contribution in [0.3, 0.4) is 0 Å². The molecule has 0 bridgehead atoms. The second-order valence-electron chi connectivity index (χ2n) is 3.45. The first-order chi connectivity index (χ1) is 7.22. The average molecular weight is 204 g/mol. The van der Waals surface area contributed by atoms with Crippen molar-refractivity contribution in [1.29, 1.82) is 0 Å². The largest absolute Gasteiger partial charge is 0.478 e. The minimum absolute atomic E-state index is 0.306. The maximum Gasteiger partial charge on any atom is 0.335 e. The Labute approximate surface area is 87.1 Å². The van der Waals surface area contributed by atoms with Crippen molar-refractivity contribution in [2.45, 2.75) is 19.9 Å². The molecule has 0 aliphatic heterocycles. The second-order valence-corrected chi connectivity index (χ2v) is 3.45. The third-order valence-corrected chi connectivity index (χ3v) is 2.33. The lowest BCUT2D eigenvalue weighted by Gasteiger charge is -2.01. The van der Waals surface area contributed by atoms with Gasteiger partial charge in [0, 0.05) is 11.9 Å². The Kier molecular flexibility index (Phi) is 2.41. The first kappa shape index (κ1) is 9.71. The number of aromatic carboxylic acids is 1. The number of carbonyl (C=O) groups is 1. The number of hydrogen-bond acceptors (Lipinski definition) is 2. The predicted octanol–water partition coefficient (Wildman–Crippen LogP) is 2.14. The summed E-state index contributed by atoms with van der Waals surface area (Å²) in [6.07, 6.45) is 2.74. The van der Waals surface area contributed by atoms with E-state index in [1.807, 2.05) is 4.68 Å². The molecule has 0 aliphatic carbocycles. The minimum Gasteiger partial charge on any atom is -0.478 e. The van der Waals surface area contributed by atoms with Crippen LogP contribution in [-0.4, -0.2) is 20.9 Å². The van der Waals surface area contributed by atoms with Gasteiger partial charge in [-0.15, -0.1) is 0 Å². The van der Waals surface area contributed by atoms with E-state index in [1.54, 1.807) is 24.4 Å².